The lowest BCUT2D eigenvalue weighted by Crippen LogP contribution is -1.99. The first-order valence-corrected chi connectivity index (χ1v) is 3.97. The molecular weight excluding hydrogens is 110 g/mol. The summed E-state index contributed by atoms with van der Waals surface area (Å²) in [7, 11) is 0. The van der Waals surface area contributed by atoms with E-state index in [4.69, 9.17) is 5.73 Å². The number of hydrogen-bond acceptors (Lipinski definition) is 1. The lowest BCUT2D eigenvalue weighted by Gasteiger charge is -1.98. The Morgan fingerprint density at radius 3 is 1.78 bits per heavy atom. The monoisotopic (exact) mass is 131 g/mol. The van der Waals surface area contributed by atoms with Gasteiger partial charge < -0.3 is 5.73 Å². The van der Waals surface area contributed by atoms with Crippen molar-refractivity contribution < 1.29 is 0 Å². The highest BCUT2D eigenvalue weighted by Crippen LogP contribution is 2.00. The van der Waals surface area contributed by atoms with Gasteiger partial charge in [0.25, 0.3) is 0 Å². The van der Waals surface area contributed by atoms with Gasteiger partial charge in [-0.25, -0.2) is 0 Å². The Kier molecular flexibility index (Phi) is 14.1. The second-order valence-electron chi connectivity index (χ2n) is 2.32. The largest absolute Gasteiger partial charge is 0.330 e. The van der Waals surface area contributed by atoms with Crippen molar-refractivity contribution in [1.82, 2.24) is 0 Å². The van der Waals surface area contributed by atoms with Gasteiger partial charge in [-0.3, -0.25) is 0 Å². The first kappa shape index (κ1) is 11.7. The van der Waals surface area contributed by atoms with E-state index in [1.54, 1.807) is 0 Å². The zero-order valence-corrected chi connectivity index (χ0v) is 7.28. The van der Waals surface area contributed by atoms with Crippen molar-refractivity contribution >= 4 is 0 Å². The maximum atomic E-state index is 5.28. The lowest BCUT2D eigenvalue weighted by atomic mass is 10.1. The van der Waals surface area contributed by atoms with Crippen LogP contribution < -0.4 is 5.73 Å². The zero-order valence-electron chi connectivity index (χ0n) is 7.28. The molecule has 0 aromatic carbocycles. The summed E-state index contributed by atoms with van der Waals surface area (Å²) in [6.45, 7) is 9.28. The van der Waals surface area contributed by atoms with Gasteiger partial charge in [-0.15, -0.1) is 0 Å². The van der Waals surface area contributed by atoms with Gasteiger partial charge in [-0.05, 0) is 25.3 Å². The number of hydrogen-bond donors (Lipinski definition) is 1. The van der Waals surface area contributed by atoms with Crippen molar-refractivity contribution in [3.8, 4) is 0 Å². The normalized spacial score (nSPS) is 8.67. The molecule has 0 aromatic heterocycles. The molecular formula is C8H21N. The van der Waals surface area contributed by atoms with Crippen LogP contribution in [0.1, 0.15) is 40.5 Å². The quantitative estimate of drug-likeness (QED) is 0.625. The van der Waals surface area contributed by atoms with Gasteiger partial charge in [0.05, 0.1) is 0 Å². The molecule has 0 amide bonds. The van der Waals surface area contributed by atoms with E-state index < -0.39 is 0 Å². The molecule has 0 fully saturated rings. The van der Waals surface area contributed by atoms with E-state index >= 15 is 0 Å². The van der Waals surface area contributed by atoms with Gasteiger partial charge >= 0.3 is 0 Å². The molecule has 0 heterocycles. The van der Waals surface area contributed by atoms with Crippen LogP contribution in [0.4, 0.5) is 0 Å². The van der Waals surface area contributed by atoms with Crippen LogP contribution in [0.5, 0.6) is 0 Å². The molecule has 1 nitrogen and oxygen atoms in total. The van der Waals surface area contributed by atoms with E-state index in [9.17, 15) is 0 Å². The Morgan fingerprint density at radius 2 is 1.67 bits per heavy atom. The van der Waals surface area contributed by atoms with Crippen molar-refractivity contribution in [2.24, 2.45) is 11.7 Å². The predicted octanol–water partition coefficient (Wildman–Crippen LogP) is 2.41. The van der Waals surface area contributed by atoms with Crippen molar-refractivity contribution in [1.29, 1.82) is 0 Å². The van der Waals surface area contributed by atoms with Crippen LogP contribution in [0.15, 0.2) is 0 Å². The van der Waals surface area contributed by atoms with Crippen LogP contribution in [0.2, 0.25) is 0 Å². The van der Waals surface area contributed by atoms with E-state index in [0.29, 0.717) is 0 Å². The van der Waals surface area contributed by atoms with Gasteiger partial charge in [-0.2, -0.15) is 0 Å². The average molecular weight is 131 g/mol. The van der Waals surface area contributed by atoms with Crippen LogP contribution >= 0.6 is 0 Å². The van der Waals surface area contributed by atoms with Crippen LogP contribution in [0, 0.1) is 5.92 Å². The molecule has 0 aromatic rings. The molecule has 0 spiro atoms. The van der Waals surface area contributed by atoms with E-state index in [1.165, 1.54) is 12.8 Å². The van der Waals surface area contributed by atoms with Crippen molar-refractivity contribution in [2.45, 2.75) is 40.5 Å². The first-order chi connectivity index (χ1) is 4.27. The zero-order chi connectivity index (χ0) is 7.70. The Bertz CT molecular complexity index is 33.5. The summed E-state index contributed by atoms with van der Waals surface area (Å²) in [4.78, 5) is 0. The smallest absolute Gasteiger partial charge is 0.00772 e. The summed E-state index contributed by atoms with van der Waals surface area (Å²) in [6, 6.07) is 0. The summed E-state index contributed by atoms with van der Waals surface area (Å²) in [5.41, 5.74) is 5.28. The molecule has 0 aliphatic rings. The molecule has 0 rings (SSSR count). The highest BCUT2D eigenvalue weighted by molar-refractivity contribution is 4.44. The van der Waals surface area contributed by atoms with Crippen LogP contribution in [0.25, 0.3) is 0 Å². The molecule has 2 N–H and O–H groups in total. The fourth-order valence-corrected chi connectivity index (χ4v) is 0.526. The molecule has 0 atom stereocenters. The summed E-state index contributed by atoms with van der Waals surface area (Å²) >= 11 is 0. The van der Waals surface area contributed by atoms with E-state index in [-0.39, 0.29) is 0 Å². The molecule has 0 aliphatic carbocycles. The SMILES string of the molecule is CC.CC(C)CCCN. The first-order valence-electron chi connectivity index (χ1n) is 3.97. The Balaban J connectivity index is 0. The van der Waals surface area contributed by atoms with E-state index in [2.05, 4.69) is 13.8 Å². The minimum absolute atomic E-state index is 0.823. The Hall–Kier alpha value is -0.0400. The third kappa shape index (κ3) is 18.0. The summed E-state index contributed by atoms with van der Waals surface area (Å²) in [5.74, 6) is 0.823. The van der Waals surface area contributed by atoms with Gasteiger partial charge in [0.1, 0.15) is 0 Å². The van der Waals surface area contributed by atoms with Gasteiger partial charge in [0.2, 0.25) is 0 Å². The van der Waals surface area contributed by atoms with Crippen LogP contribution in [0.3, 0.4) is 0 Å². The molecule has 0 saturated carbocycles. The number of nitrogens with two attached hydrogens (primary N) is 1. The standard InChI is InChI=1S/C6H15N.C2H6/c1-6(2)4-3-5-7;1-2/h6H,3-5,7H2,1-2H3;1-2H3. The van der Waals surface area contributed by atoms with Crippen LogP contribution in [-0.4, -0.2) is 6.54 Å². The molecule has 0 bridgehead atoms. The van der Waals surface area contributed by atoms with Gasteiger partial charge in [0, 0.05) is 0 Å². The third-order valence-electron chi connectivity index (χ3n) is 0.986. The van der Waals surface area contributed by atoms with Crippen molar-refractivity contribution in [3.05, 3.63) is 0 Å². The second-order valence-corrected chi connectivity index (χ2v) is 2.32. The maximum Gasteiger partial charge on any atom is -0.00772 e. The van der Waals surface area contributed by atoms with Gasteiger partial charge in [-0.1, -0.05) is 27.7 Å². The third-order valence-corrected chi connectivity index (χ3v) is 0.986. The van der Waals surface area contributed by atoms with E-state index in [1.807, 2.05) is 13.8 Å². The summed E-state index contributed by atoms with van der Waals surface area (Å²) in [5, 5.41) is 0. The maximum absolute atomic E-state index is 5.28. The van der Waals surface area contributed by atoms with Crippen LogP contribution in [-0.2, 0) is 0 Å². The molecule has 9 heavy (non-hydrogen) atoms. The lowest BCUT2D eigenvalue weighted by molar-refractivity contribution is 0.561. The Morgan fingerprint density at radius 1 is 1.22 bits per heavy atom. The van der Waals surface area contributed by atoms with E-state index in [0.717, 1.165) is 12.5 Å². The Labute approximate surface area is 59.6 Å². The van der Waals surface area contributed by atoms with Gasteiger partial charge in [0.15, 0.2) is 0 Å². The predicted molar refractivity (Wildman–Crippen MR) is 44.5 cm³/mol. The molecule has 58 valence electrons. The second kappa shape index (κ2) is 10.9. The van der Waals surface area contributed by atoms with Crippen molar-refractivity contribution in [3.63, 3.8) is 0 Å². The highest BCUT2D eigenvalue weighted by atomic mass is 14.5. The highest BCUT2D eigenvalue weighted by Gasteiger charge is 1.88. The number of rotatable bonds is 3. The molecule has 0 unspecified atom stereocenters. The summed E-state index contributed by atoms with van der Waals surface area (Å²) < 4.78 is 0. The average Bonchev–Trinajstić information content (AvgIpc) is 1.88. The molecule has 0 saturated heterocycles. The summed E-state index contributed by atoms with van der Waals surface area (Å²) in [6.07, 6.45) is 2.45. The molecule has 0 radical (unpaired) electrons. The fraction of sp³-hybridized carbons (Fsp3) is 1.00. The van der Waals surface area contributed by atoms with Crippen molar-refractivity contribution in [2.75, 3.05) is 6.54 Å². The fourth-order valence-electron chi connectivity index (χ4n) is 0.526. The minimum atomic E-state index is 0.823. The topological polar surface area (TPSA) is 26.0 Å². The minimum Gasteiger partial charge on any atom is -0.330 e. The molecule has 1 heteroatoms. The molecule has 0 aliphatic heterocycles.